The van der Waals surface area contributed by atoms with Crippen molar-refractivity contribution in [2.24, 2.45) is 5.92 Å². The van der Waals surface area contributed by atoms with Crippen LogP contribution in [0.3, 0.4) is 0 Å². The van der Waals surface area contributed by atoms with Crippen LogP contribution in [0.15, 0.2) is 12.3 Å². The Morgan fingerprint density at radius 2 is 2.33 bits per heavy atom. The van der Waals surface area contributed by atoms with E-state index in [1.54, 1.807) is 6.20 Å². The molecule has 0 radical (unpaired) electrons. The maximum atomic E-state index is 4.46. The maximum absolute atomic E-state index is 4.46. The van der Waals surface area contributed by atoms with Crippen LogP contribution < -0.4 is 10.2 Å². The number of aromatic nitrogens is 2. The van der Waals surface area contributed by atoms with Crippen molar-refractivity contribution < 1.29 is 0 Å². The third-order valence-electron chi connectivity index (χ3n) is 3.43. The summed E-state index contributed by atoms with van der Waals surface area (Å²) >= 11 is 0. The van der Waals surface area contributed by atoms with Crippen LogP contribution in [-0.2, 0) is 0 Å². The van der Waals surface area contributed by atoms with Crippen molar-refractivity contribution in [1.29, 1.82) is 0 Å². The van der Waals surface area contributed by atoms with E-state index in [4.69, 9.17) is 0 Å². The van der Waals surface area contributed by atoms with Crippen molar-refractivity contribution in [2.45, 2.75) is 13.3 Å². The number of nitrogens with one attached hydrogen (secondary N) is 1. The quantitative estimate of drug-likeness (QED) is 0.852. The van der Waals surface area contributed by atoms with Gasteiger partial charge in [0.05, 0.1) is 0 Å². The van der Waals surface area contributed by atoms with Crippen LogP contribution >= 0.6 is 0 Å². The first kappa shape index (κ1) is 13.1. The zero-order valence-electron chi connectivity index (χ0n) is 11.6. The van der Waals surface area contributed by atoms with Gasteiger partial charge in [0.25, 0.3) is 0 Å². The first-order valence-corrected chi connectivity index (χ1v) is 6.65. The summed E-state index contributed by atoms with van der Waals surface area (Å²) in [5.74, 6) is 2.41. The molecule has 0 aliphatic carbocycles. The molecule has 1 N–H and O–H groups in total. The van der Waals surface area contributed by atoms with E-state index < -0.39 is 0 Å². The van der Waals surface area contributed by atoms with Gasteiger partial charge in [0.1, 0.15) is 5.82 Å². The van der Waals surface area contributed by atoms with E-state index in [-0.39, 0.29) is 0 Å². The zero-order valence-corrected chi connectivity index (χ0v) is 11.6. The Bertz CT molecular complexity index is 379. The molecule has 1 aliphatic rings. The topological polar surface area (TPSA) is 44.3 Å². The van der Waals surface area contributed by atoms with Crippen molar-refractivity contribution in [3.8, 4) is 0 Å². The van der Waals surface area contributed by atoms with Gasteiger partial charge >= 0.3 is 0 Å². The van der Waals surface area contributed by atoms with Gasteiger partial charge < -0.3 is 15.1 Å². The van der Waals surface area contributed by atoms with E-state index in [0.717, 1.165) is 30.8 Å². The lowest BCUT2D eigenvalue weighted by molar-refractivity contribution is 0.345. The first-order chi connectivity index (χ1) is 8.69. The molecule has 1 saturated heterocycles. The van der Waals surface area contributed by atoms with E-state index in [1.807, 2.05) is 25.1 Å². The summed E-state index contributed by atoms with van der Waals surface area (Å²) in [5.41, 5.74) is 0. The fourth-order valence-corrected chi connectivity index (χ4v) is 2.28. The van der Waals surface area contributed by atoms with Gasteiger partial charge in [-0.15, -0.1) is 0 Å². The summed E-state index contributed by atoms with van der Waals surface area (Å²) in [6.07, 6.45) is 3.09. The first-order valence-electron chi connectivity index (χ1n) is 6.65. The highest BCUT2D eigenvalue weighted by molar-refractivity contribution is 5.40. The van der Waals surface area contributed by atoms with Crippen molar-refractivity contribution in [3.05, 3.63) is 12.3 Å². The summed E-state index contributed by atoms with van der Waals surface area (Å²) in [4.78, 5) is 13.1. The number of likely N-dealkylation sites (tertiary alicyclic amines) is 1. The fraction of sp³-hybridized carbons (Fsp3) is 0.692. The second-order valence-corrected chi connectivity index (χ2v) is 5.07. The summed E-state index contributed by atoms with van der Waals surface area (Å²) in [5, 5.41) is 3.42. The molecule has 1 aromatic heterocycles. The number of anilines is 2. The molecule has 1 aromatic rings. The highest BCUT2D eigenvalue weighted by Crippen LogP contribution is 2.16. The van der Waals surface area contributed by atoms with Crippen molar-refractivity contribution in [1.82, 2.24) is 14.9 Å². The molecule has 100 valence electrons. The lowest BCUT2D eigenvalue weighted by Gasteiger charge is -2.15. The van der Waals surface area contributed by atoms with Crippen LogP contribution in [0.25, 0.3) is 0 Å². The molecule has 18 heavy (non-hydrogen) atoms. The molecule has 1 atom stereocenters. The maximum Gasteiger partial charge on any atom is 0.226 e. The van der Waals surface area contributed by atoms with Gasteiger partial charge in [-0.3, -0.25) is 0 Å². The highest BCUT2D eigenvalue weighted by atomic mass is 15.2. The van der Waals surface area contributed by atoms with Crippen molar-refractivity contribution in [2.75, 3.05) is 50.5 Å². The Kier molecular flexibility index (Phi) is 4.36. The number of hydrogen-bond donors (Lipinski definition) is 1. The Labute approximate surface area is 109 Å². The summed E-state index contributed by atoms with van der Waals surface area (Å²) in [7, 11) is 3.91. The molecule has 2 heterocycles. The van der Waals surface area contributed by atoms with Crippen LogP contribution in [-0.4, -0.2) is 55.1 Å². The number of rotatable bonds is 5. The van der Waals surface area contributed by atoms with E-state index >= 15 is 0 Å². The lowest BCUT2D eigenvalue weighted by atomic mass is 10.1. The van der Waals surface area contributed by atoms with Gasteiger partial charge in [0.15, 0.2) is 0 Å². The minimum Gasteiger partial charge on any atom is -0.370 e. The summed E-state index contributed by atoms with van der Waals surface area (Å²) in [6, 6.07) is 1.93. The molecular weight excluding hydrogens is 226 g/mol. The molecule has 2 rings (SSSR count). The minimum atomic E-state index is 0.739. The molecule has 5 heteroatoms. The SMILES string of the molecule is CCN1CCC(CNc2ccnc(N(C)C)n2)C1. The van der Waals surface area contributed by atoms with Gasteiger partial charge in [-0.05, 0) is 31.5 Å². The minimum absolute atomic E-state index is 0.739. The summed E-state index contributed by atoms with van der Waals surface area (Å²) < 4.78 is 0. The monoisotopic (exact) mass is 249 g/mol. The third-order valence-corrected chi connectivity index (χ3v) is 3.43. The molecule has 0 saturated carbocycles. The lowest BCUT2D eigenvalue weighted by Crippen LogP contribution is -2.23. The second kappa shape index (κ2) is 6.00. The van der Waals surface area contributed by atoms with E-state index in [1.165, 1.54) is 19.5 Å². The number of hydrogen-bond acceptors (Lipinski definition) is 5. The molecular formula is C13H23N5. The molecule has 0 amide bonds. The van der Waals surface area contributed by atoms with Crippen LogP contribution in [0.2, 0.25) is 0 Å². The fourth-order valence-electron chi connectivity index (χ4n) is 2.28. The molecule has 0 bridgehead atoms. The standard InChI is InChI=1S/C13H23N5/c1-4-18-8-6-11(10-18)9-15-12-5-7-14-13(16-12)17(2)3/h5,7,11H,4,6,8-10H2,1-3H3,(H,14,15,16). The average molecular weight is 249 g/mol. The van der Waals surface area contributed by atoms with Crippen molar-refractivity contribution in [3.63, 3.8) is 0 Å². The highest BCUT2D eigenvalue weighted by Gasteiger charge is 2.20. The molecule has 1 aliphatic heterocycles. The van der Waals surface area contributed by atoms with Crippen LogP contribution in [0.5, 0.6) is 0 Å². The van der Waals surface area contributed by atoms with Crippen molar-refractivity contribution >= 4 is 11.8 Å². The summed E-state index contributed by atoms with van der Waals surface area (Å²) in [6.45, 7) is 6.82. The largest absolute Gasteiger partial charge is 0.370 e. The van der Waals surface area contributed by atoms with Gasteiger partial charge in [-0.1, -0.05) is 6.92 Å². The normalized spacial score (nSPS) is 20.1. The van der Waals surface area contributed by atoms with Crippen LogP contribution in [0.1, 0.15) is 13.3 Å². The molecule has 0 spiro atoms. The Morgan fingerprint density at radius 1 is 1.50 bits per heavy atom. The Hall–Kier alpha value is -1.36. The van der Waals surface area contributed by atoms with E-state index in [2.05, 4.69) is 27.1 Å². The second-order valence-electron chi connectivity index (χ2n) is 5.07. The van der Waals surface area contributed by atoms with Crippen LogP contribution in [0, 0.1) is 5.92 Å². The van der Waals surface area contributed by atoms with E-state index in [9.17, 15) is 0 Å². The smallest absolute Gasteiger partial charge is 0.226 e. The third kappa shape index (κ3) is 3.32. The molecule has 1 unspecified atom stereocenters. The zero-order chi connectivity index (χ0) is 13.0. The van der Waals surface area contributed by atoms with E-state index in [0.29, 0.717) is 0 Å². The number of nitrogens with zero attached hydrogens (tertiary/aromatic N) is 4. The Balaban J connectivity index is 1.85. The van der Waals surface area contributed by atoms with Crippen LogP contribution in [0.4, 0.5) is 11.8 Å². The van der Waals surface area contributed by atoms with Gasteiger partial charge in [-0.2, -0.15) is 4.98 Å². The molecule has 1 fully saturated rings. The molecule has 5 nitrogen and oxygen atoms in total. The van der Waals surface area contributed by atoms with Gasteiger partial charge in [-0.25, -0.2) is 4.98 Å². The van der Waals surface area contributed by atoms with Gasteiger partial charge in [0, 0.05) is 33.4 Å². The Morgan fingerprint density at radius 3 is 3.00 bits per heavy atom. The molecule has 0 aromatic carbocycles. The average Bonchev–Trinajstić information content (AvgIpc) is 2.84. The predicted molar refractivity (Wildman–Crippen MR) is 75.1 cm³/mol. The predicted octanol–water partition coefficient (Wildman–Crippen LogP) is 1.30. The van der Waals surface area contributed by atoms with Gasteiger partial charge in [0.2, 0.25) is 5.95 Å².